The smallest absolute Gasteiger partial charge is 0.0724 e. The van der Waals surface area contributed by atoms with E-state index in [1.165, 1.54) is 0 Å². The van der Waals surface area contributed by atoms with Crippen LogP contribution in [0, 0.1) is 0 Å². The molecule has 1 heterocycles. The van der Waals surface area contributed by atoms with Gasteiger partial charge in [0.05, 0.1) is 11.0 Å². The molecule has 0 amide bonds. The predicted octanol–water partition coefficient (Wildman–Crippen LogP) is 1.67. The molecule has 0 atom stereocenters. The maximum absolute atomic E-state index is 6.02. The summed E-state index contributed by atoms with van der Waals surface area (Å²) in [5.74, 6) is 6.02. The lowest BCUT2D eigenvalue weighted by molar-refractivity contribution is 1.12. The van der Waals surface area contributed by atoms with Crippen LogP contribution in [0.15, 0.2) is 36.4 Å². The minimum atomic E-state index is 0.704. The van der Waals surface area contributed by atoms with Crippen molar-refractivity contribution in [2.45, 2.75) is 0 Å². The van der Waals surface area contributed by atoms with Gasteiger partial charge in [0.15, 0.2) is 0 Å². The first kappa shape index (κ1) is 8.91. The summed E-state index contributed by atoms with van der Waals surface area (Å²) in [6.07, 6.45) is 0. The number of hydrogen-bond acceptors (Lipinski definition) is 3. The SMILES string of the molecule is Nc1ccc2c3ccc(N)cc3n(N)c2c1. The normalized spacial score (nSPS) is 11.2. The van der Waals surface area contributed by atoms with E-state index in [4.69, 9.17) is 17.3 Å². The molecular weight excluding hydrogens is 200 g/mol. The van der Waals surface area contributed by atoms with Gasteiger partial charge >= 0.3 is 0 Å². The summed E-state index contributed by atoms with van der Waals surface area (Å²) in [4.78, 5) is 0. The first-order valence-corrected chi connectivity index (χ1v) is 5.01. The quantitative estimate of drug-likeness (QED) is 0.391. The largest absolute Gasteiger partial charge is 0.399 e. The molecular formula is C12H12N4. The van der Waals surface area contributed by atoms with E-state index in [-0.39, 0.29) is 0 Å². The van der Waals surface area contributed by atoms with Crippen LogP contribution in [0.25, 0.3) is 21.8 Å². The molecule has 4 nitrogen and oxygen atoms in total. The second kappa shape index (κ2) is 2.82. The van der Waals surface area contributed by atoms with Gasteiger partial charge in [0, 0.05) is 22.1 Å². The van der Waals surface area contributed by atoms with Gasteiger partial charge in [-0.05, 0) is 24.3 Å². The summed E-state index contributed by atoms with van der Waals surface area (Å²) in [5, 5.41) is 2.18. The molecule has 0 aliphatic carbocycles. The van der Waals surface area contributed by atoms with Crippen molar-refractivity contribution in [3.63, 3.8) is 0 Å². The summed E-state index contributed by atoms with van der Waals surface area (Å²) >= 11 is 0. The van der Waals surface area contributed by atoms with Crippen molar-refractivity contribution >= 4 is 33.2 Å². The highest BCUT2D eigenvalue weighted by molar-refractivity contribution is 6.09. The first-order chi connectivity index (χ1) is 7.66. The number of hydrogen-bond donors (Lipinski definition) is 3. The van der Waals surface area contributed by atoms with E-state index in [0.29, 0.717) is 11.4 Å². The molecule has 0 saturated heterocycles. The van der Waals surface area contributed by atoms with Crippen LogP contribution in [0.2, 0.25) is 0 Å². The summed E-state index contributed by atoms with van der Waals surface area (Å²) < 4.78 is 1.62. The van der Waals surface area contributed by atoms with Gasteiger partial charge < -0.3 is 17.3 Å². The van der Waals surface area contributed by atoms with E-state index in [9.17, 15) is 0 Å². The lowest BCUT2D eigenvalue weighted by Crippen LogP contribution is -2.07. The zero-order chi connectivity index (χ0) is 11.3. The van der Waals surface area contributed by atoms with Crippen molar-refractivity contribution in [2.75, 3.05) is 17.3 Å². The van der Waals surface area contributed by atoms with Crippen molar-refractivity contribution < 1.29 is 0 Å². The standard InChI is InChI=1S/C12H12N4/c13-7-1-3-9-10-4-2-8(14)6-12(10)16(15)11(9)5-7/h1-6H,13-15H2. The Labute approximate surface area is 92.2 Å². The number of rotatable bonds is 0. The molecule has 1 aromatic heterocycles. The Morgan fingerprint density at radius 2 is 1.19 bits per heavy atom. The molecule has 0 spiro atoms. The topological polar surface area (TPSA) is 83.0 Å². The molecule has 6 N–H and O–H groups in total. The van der Waals surface area contributed by atoms with E-state index in [2.05, 4.69) is 0 Å². The van der Waals surface area contributed by atoms with Gasteiger partial charge in [0.25, 0.3) is 0 Å². The van der Waals surface area contributed by atoms with Gasteiger partial charge in [-0.2, -0.15) is 0 Å². The summed E-state index contributed by atoms with van der Waals surface area (Å²) in [6, 6.07) is 11.4. The second-order valence-corrected chi connectivity index (χ2v) is 3.92. The molecule has 0 aliphatic rings. The maximum Gasteiger partial charge on any atom is 0.0724 e. The molecule has 16 heavy (non-hydrogen) atoms. The highest BCUT2D eigenvalue weighted by atomic mass is 15.3. The molecule has 0 unspecified atom stereocenters. The number of fused-ring (bicyclic) bond motifs is 3. The number of benzene rings is 2. The number of aromatic nitrogens is 1. The summed E-state index contributed by atoms with van der Waals surface area (Å²) in [5.41, 5.74) is 14.7. The van der Waals surface area contributed by atoms with E-state index >= 15 is 0 Å². The Hall–Kier alpha value is -2.36. The molecule has 3 aromatic rings. The first-order valence-electron chi connectivity index (χ1n) is 5.01. The van der Waals surface area contributed by atoms with Crippen LogP contribution >= 0.6 is 0 Å². The third-order valence-corrected chi connectivity index (χ3v) is 2.85. The minimum Gasteiger partial charge on any atom is -0.399 e. The Kier molecular flexibility index (Phi) is 1.57. The Balaban J connectivity index is 2.59. The molecule has 80 valence electrons. The van der Waals surface area contributed by atoms with Crippen LogP contribution in [0.4, 0.5) is 11.4 Å². The monoisotopic (exact) mass is 212 g/mol. The fraction of sp³-hybridized carbons (Fsp3) is 0. The lowest BCUT2D eigenvalue weighted by atomic mass is 10.1. The van der Waals surface area contributed by atoms with Crippen molar-refractivity contribution in [2.24, 2.45) is 0 Å². The van der Waals surface area contributed by atoms with Crippen LogP contribution < -0.4 is 17.3 Å². The average Bonchev–Trinajstić information content (AvgIpc) is 2.53. The molecule has 0 bridgehead atoms. The van der Waals surface area contributed by atoms with Crippen molar-refractivity contribution in [3.05, 3.63) is 36.4 Å². The zero-order valence-corrected chi connectivity index (χ0v) is 8.64. The highest BCUT2D eigenvalue weighted by Crippen LogP contribution is 2.29. The fourth-order valence-corrected chi connectivity index (χ4v) is 2.08. The van der Waals surface area contributed by atoms with Crippen LogP contribution in [0.5, 0.6) is 0 Å². The third kappa shape index (κ3) is 1.04. The molecule has 3 rings (SSSR count). The molecule has 2 aromatic carbocycles. The summed E-state index contributed by atoms with van der Waals surface area (Å²) in [7, 11) is 0. The van der Waals surface area contributed by atoms with Gasteiger partial charge in [0.1, 0.15) is 0 Å². The number of nitrogens with two attached hydrogens (primary N) is 3. The van der Waals surface area contributed by atoms with Gasteiger partial charge in [-0.1, -0.05) is 12.1 Å². The van der Waals surface area contributed by atoms with Gasteiger partial charge in [0.2, 0.25) is 0 Å². The van der Waals surface area contributed by atoms with E-state index in [0.717, 1.165) is 21.8 Å². The van der Waals surface area contributed by atoms with Crippen LogP contribution in [-0.2, 0) is 0 Å². The van der Waals surface area contributed by atoms with Gasteiger partial charge in [-0.25, -0.2) is 0 Å². The van der Waals surface area contributed by atoms with Crippen molar-refractivity contribution in [1.82, 2.24) is 4.68 Å². The maximum atomic E-state index is 6.02. The molecule has 0 fully saturated rings. The Bertz CT molecular complexity index is 638. The van der Waals surface area contributed by atoms with Gasteiger partial charge in [-0.15, -0.1) is 0 Å². The molecule has 0 aliphatic heterocycles. The fourth-order valence-electron chi connectivity index (χ4n) is 2.08. The number of nitrogen functional groups attached to an aromatic ring is 3. The van der Waals surface area contributed by atoms with Crippen LogP contribution in [0.3, 0.4) is 0 Å². The average molecular weight is 212 g/mol. The van der Waals surface area contributed by atoms with Crippen LogP contribution in [0.1, 0.15) is 0 Å². The lowest BCUT2D eigenvalue weighted by Gasteiger charge is -1.99. The summed E-state index contributed by atoms with van der Waals surface area (Å²) in [6.45, 7) is 0. The van der Waals surface area contributed by atoms with E-state index in [1.807, 2.05) is 36.4 Å². The van der Waals surface area contributed by atoms with Crippen molar-refractivity contribution in [1.29, 1.82) is 0 Å². The molecule has 0 radical (unpaired) electrons. The second-order valence-electron chi connectivity index (χ2n) is 3.92. The number of nitrogens with zero attached hydrogens (tertiary/aromatic N) is 1. The minimum absolute atomic E-state index is 0.704. The third-order valence-electron chi connectivity index (χ3n) is 2.85. The van der Waals surface area contributed by atoms with E-state index in [1.54, 1.807) is 4.68 Å². The zero-order valence-electron chi connectivity index (χ0n) is 8.64. The number of anilines is 2. The molecule has 4 heteroatoms. The Morgan fingerprint density at radius 3 is 1.62 bits per heavy atom. The van der Waals surface area contributed by atoms with Gasteiger partial charge in [-0.3, -0.25) is 4.68 Å². The van der Waals surface area contributed by atoms with E-state index < -0.39 is 0 Å². The van der Waals surface area contributed by atoms with Crippen molar-refractivity contribution in [3.8, 4) is 0 Å². The van der Waals surface area contributed by atoms with Crippen LogP contribution in [-0.4, -0.2) is 4.68 Å². The molecule has 0 saturated carbocycles. The predicted molar refractivity (Wildman–Crippen MR) is 68.4 cm³/mol. The Morgan fingerprint density at radius 1 is 0.750 bits per heavy atom. The highest BCUT2D eigenvalue weighted by Gasteiger charge is 2.08.